The molecule has 2 nitrogen and oxygen atoms in total. The van der Waals surface area contributed by atoms with Crippen molar-refractivity contribution in [3.05, 3.63) is 0 Å². The molecule has 1 N–H and O–H groups in total. The van der Waals surface area contributed by atoms with Crippen molar-refractivity contribution < 1.29 is 4.74 Å². The number of ether oxygens (including phenoxy) is 1. The number of nitrogens with one attached hydrogen (secondary N) is 1. The van der Waals surface area contributed by atoms with Crippen molar-refractivity contribution in [2.75, 3.05) is 13.7 Å². The Bertz CT molecular complexity index is 123. The van der Waals surface area contributed by atoms with Gasteiger partial charge in [-0.05, 0) is 19.3 Å². The Morgan fingerprint density at radius 1 is 1.07 bits per heavy atom. The Labute approximate surface area is 89.4 Å². The molecule has 0 aromatic heterocycles. The summed E-state index contributed by atoms with van der Waals surface area (Å²) in [5.74, 6) is 0.793. The first-order chi connectivity index (χ1) is 6.69. The normalized spacial score (nSPS) is 15.9. The number of methoxy groups -OCH3 is 1. The van der Waals surface area contributed by atoms with Gasteiger partial charge in [0.1, 0.15) is 0 Å². The molecule has 0 saturated heterocycles. The van der Waals surface area contributed by atoms with Crippen molar-refractivity contribution in [3.8, 4) is 0 Å². The van der Waals surface area contributed by atoms with Gasteiger partial charge in [-0.25, -0.2) is 0 Å². The number of hydrogen-bond acceptors (Lipinski definition) is 2. The van der Waals surface area contributed by atoms with Gasteiger partial charge in [0.15, 0.2) is 0 Å². The van der Waals surface area contributed by atoms with Gasteiger partial charge in [0.2, 0.25) is 0 Å². The van der Waals surface area contributed by atoms with E-state index in [1.807, 2.05) is 0 Å². The molecular formula is C12H27NO. The SMILES string of the molecule is CCC(COC)NC(C)C(CC)CC. The summed E-state index contributed by atoms with van der Waals surface area (Å²) in [5, 5.41) is 3.64. The molecule has 0 bridgehead atoms. The fourth-order valence-corrected chi connectivity index (χ4v) is 1.99. The molecule has 0 amide bonds. The summed E-state index contributed by atoms with van der Waals surface area (Å²) in [7, 11) is 1.77. The van der Waals surface area contributed by atoms with Crippen LogP contribution in [0.5, 0.6) is 0 Å². The smallest absolute Gasteiger partial charge is 0.0615 e. The zero-order chi connectivity index (χ0) is 11.0. The highest BCUT2D eigenvalue weighted by Crippen LogP contribution is 2.13. The standard InChI is InChI=1S/C12H27NO/c1-6-11(7-2)10(4)13-12(8-3)9-14-5/h10-13H,6-9H2,1-5H3. The summed E-state index contributed by atoms with van der Waals surface area (Å²) < 4.78 is 5.18. The van der Waals surface area contributed by atoms with Crippen LogP contribution in [0.15, 0.2) is 0 Å². The van der Waals surface area contributed by atoms with Gasteiger partial charge in [0.05, 0.1) is 6.61 Å². The summed E-state index contributed by atoms with van der Waals surface area (Å²) in [6, 6.07) is 1.11. The molecular weight excluding hydrogens is 174 g/mol. The van der Waals surface area contributed by atoms with Crippen molar-refractivity contribution in [2.24, 2.45) is 5.92 Å². The van der Waals surface area contributed by atoms with E-state index in [-0.39, 0.29) is 0 Å². The number of rotatable bonds is 8. The first-order valence-electron chi connectivity index (χ1n) is 5.94. The van der Waals surface area contributed by atoms with Crippen LogP contribution in [0.1, 0.15) is 47.0 Å². The predicted molar refractivity (Wildman–Crippen MR) is 62.6 cm³/mol. The molecule has 0 aliphatic heterocycles. The van der Waals surface area contributed by atoms with Gasteiger partial charge in [-0.15, -0.1) is 0 Å². The lowest BCUT2D eigenvalue weighted by Crippen LogP contribution is -2.42. The van der Waals surface area contributed by atoms with Crippen LogP contribution >= 0.6 is 0 Å². The lowest BCUT2D eigenvalue weighted by molar-refractivity contribution is 0.152. The van der Waals surface area contributed by atoms with E-state index in [1.165, 1.54) is 12.8 Å². The Morgan fingerprint density at radius 3 is 2.00 bits per heavy atom. The third-order valence-corrected chi connectivity index (χ3v) is 3.12. The van der Waals surface area contributed by atoms with Crippen LogP contribution in [0, 0.1) is 5.92 Å². The molecule has 14 heavy (non-hydrogen) atoms. The van der Waals surface area contributed by atoms with E-state index in [0.717, 1.165) is 18.9 Å². The Kier molecular flexibility index (Phi) is 8.20. The van der Waals surface area contributed by atoms with E-state index in [1.54, 1.807) is 7.11 Å². The van der Waals surface area contributed by atoms with E-state index in [9.17, 15) is 0 Å². The van der Waals surface area contributed by atoms with E-state index >= 15 is 0 Å². The highest BCUT2D eigenvalue weighted by molar-refractivity contribution is 4.75. The maximum absolute atomic E-state index is 5.18. The largest absolute Gasteiger partial charge is 0.383 e. The summed E-state index contributed by atoms with van der Waals surface area (Å²) in [6.07, 6.45) is 3.65. The van der Waals surface area contributed by atoms with Crippen molar-refractivity contribution in [1.29, 1.82) is 0 Å². The quantitative estimate of drug-likeness (QED) is 0.652. The van der Waals surface area contributed by atoms with E-state index in [2.05, 4.69) is 33.0 Å². The Balaban J connectivity index is 3.92. The second-order valence-electron chi connectivity index (χ2n) is 4.09. The van der Waals surface area contributed by atoms with Gasteiger partial charge in [0.25, 0.3) is 0 Å². The van der Waals surface area contributed by atoms with Crippen LogP contribution in [0.3, 0.4) is 0 Å². The molecule has 0 spiro atoms. The molecule has 0 fully saturated rings. The van der Waals surface area contributed by atoms with E-state index < -0.39 is 0 Å². The zero-order valence-electron chi connectivity index (χ0n) is 10.5. The van der Waals surface area contributed by atoms with Crippen molar-refractivity contribution in [1.82, 2.24) is 5.32 Å². The Morgan fingerprint density at radius 2 is 1.64 bits per heavy atom. The minimum absolute atomic E-state index is 0.510. The fraction of sp³-hybridized carbons (Fsp3) is 1.00. The van der Waals surface area contributed by atoms with Crippen LogP contribution < -0.4 is 5.32 Å². The average Bonchev–Trinajstić information content (AvgIpc) is 2.19. The van der Waals surface area contributed by atoms with Crippen molar-refractivity contribution in [2.45, 2.75) is 59.0 Å². The third kappa shape index (κ3) is 4.97. The lowest BCUT2D eigenvalue weighted by atomic mass is 9.95. The molecule has 0 radical (unpaired) electrons. The maximum Gasteiger partial charge on any atom is 0.0615 e. The van der Waals surface area contributed by atoms with Crippen LogP contribution in [-0.2, 0) is 4.74 Å². The monoisotopic (exact) mass is 201 g/mol. The molecule has 0 aliphatic carbocycles. The lowest BCUT2D eigenvalue weighted by Gasteiger charge is -2.27. The summed E-state index contributed by atoms with van der Waals surface area (Å²) in [5.41, 5.74) is 0. The van der Waals surface area contributed by atoms with Crippen LogP contribution in [0.25, 0.3) is 0 Å². The summed E-state index contributed by atoms with van der Waals surface area (Å²) >= 11 is 0. The third-order valence-electron chi connectivity index (χ3n) is 3.12. The molecule has 0 rings (SSSR count). The van der Waals surface area contributed by atoms with Gasteiger partial charge in [-0.3, -0.25) is 0 Å². The van der Waals surface area contributed by atoms with Gasteiger partial charge in [0, 0.05) is 19.2 Å². The molecule has 2 heteroatoms. The van der Waals surface area contributed by atoms with Crippen LogP contribution in [0.4, 0.5) is 0 Å². The molecule has 0 saturated carbocycles. The predicted octanol–water partition coefficient (Wildman–Crippen LogP) is 2.83. The molecule has 0 aromatic carbocycles. The second-order valence-corrected chi connectivity index (χ2v) is 4.09. The molecule has 0 aliphatic rings. The maximum atomic E-state index is 5.18. The zero-order valence-corrected chi connectivity index (χ0v) is 10.5. The molecule has 0 heterocycles. The first-order valence-corrected chi connectivity index (χ1v) is 5.94. The van der Waals surface area contributed by atoms with Gasteiger partial charge >= 0.3 is 0 Å². The van der Waals surface area contributed by atoms with Gasteiger partial charge < -0.3 is 10.1 Å². The topological polar surface area (TPSA) is 21.3 Å². The molecule has 2 unspecified atom stereocenters. The second kappa shape index (κ2) is 8.25. The highest BCUT2D eigenvalue weighted by atomic mass is 16.5. The number of hydrogen-bond donors (Lipinski definition) is 1. The van der Waals surface area contributed by atoms with Crippen LogP contribution in [-0.4, -0.2) is 25.8 Å². The highest BCUT2D eigenvalue weighted by Gasteiger charge is 2.16. The van der Waals surface area contributed by atoms with Gasteiger partial charge in [-0.1, -0.05) is 33.6 Å². The van der Waals surface area contributed by atoms with Crippen molar-refractivity contribution in [3.63, 3.8) is 0 Å². The summed E-state index contributed by atoms with van der Waals surface area (Å²) in [6.45, 7) is 9.85. The summed E-state index contributed by atoms with van der Waals surface area (Å²) in [4.78, 5) is 0. The minimum atomic E-state index is 0.510. The Hall–Kier alpha value is -0.0800. The van der Waals surface area contributed by atoms with E-state index in [4.69, 9.17) is 4.74 Å². The van der Waals surface area contributed by atoms with Gasteiger partial charge in [-0.2, -0.15) is 0 Å². The van der Waals surface area contributed by atoms with Crippen LogP contribution in [0.2, 0.25) is 0 Å². The molecule has 86 valence electrons. The first kappa shape index (κ1) is 13.9. The van der Waals surface area contributed by atoms with Crippen molar-refractivity contribution >= 4 is 0 Å². The fourth-order valence-electron chi connectivity index (χ4n) is 1.99. The van der Waals surface area contributed by atoms with E-state index in [0.29, 0.717) is 12.1 Å². The molecule has 0 aromatic rings. The average molecular weight is 201 g/mol. The molecule has 2 atom stereocenters. The minimum Gasteiger partial charge on any atom is -0.383 e.